The van der Waals surface area contributed by atoms with Gasteiger partial charge in [-0.1, -0.05) is 17.3 Å². The number of rotatable bonds is 2. The van der Waals surface area contributed by atoms with E-state index in [-0.39, 0.29) is 24.0 Å². The maximum Gasteiger partial charge on any atom is 0.240 e. The summed E-state index contributed by atoms with van der Waals surface area (Å²) < 4.78 is 28.9. The van der Waals surface area contributed by atoms with E-state index in [1.807, 2.05) is 6.07 Å². The summed E-state index contributed by atoms with van der Waals surface area (Å²) in [6.07, 6.45) is 0.535. The van der Waals surface area contributed by atoms with Crippen molar-refractivity contribution in [2.24, 2.45) is 5.73 Å². The fourth-order valence-corrected chi connectivity index (χ4v) is 3.88. The van der Waals surface area contributed by atoms with Crippen LogP contribution in [0.15, 0.2) is 27.6 Å². The summed E-state index contributed by atoms with van der Waals surface area (Å²) >= 11 is 0. The van der Waals surface area contributed by atoms with Crippen molar-refractivity contribution in [3.05, 3.63) is 29.7 Å². The van der Waals surface area contributed by atoms with E-state index in [9.17, 15) is 8.42 Å². The molecule has 0 amide bonds. The molecule has 0 bridgehead atoms. The Morgan fingerprint density at radius 2 is 2.22 bits per heavy atom. The molecule has 0 atom stereocenters. The van der Waals surface area contributed by atoms with Gasteiger partial charge in [-0.2, -0.15) is 4.98 Å². The van der Waals surface area contributed by atoms with Gasteiger partial charge in [-0.25, -0.2) is 8.42 Å². The van der Waals surface area contributed by atoms with Crippen molar-refractivity contribution in [1.29, 1.82) is 0 Å². The molecule has 2 heterocycles. The number of nitrogens with two attached hydrogens (primary N) is 1. The van der Waals surface area contributed by atoms with Crippen LogP contribution in [-0.2, 0) is 22.8 Å². The maximum atomic E-state index is 12.0. The third kappa shape index (κ3) is 1.63. The zero-order valence-electron chi connectivity index (χ0n) is 9.46. The molecule has 0 spiro atoms. The summed E-state index contributed by atoms with van der Waals surface area (Å²) in [5, 5.41) is 3.77. The van der Waals surface area contributed by atoms with Gasteiger partial charge >= 0.3 is 0 Å². The van der Waals surface area contributed by atoms with E-state index in [0.29, 0.717) is 16.9 Å². The Labute approximate surface area is 104 Å². The van der Waals surface area contributed by atoms with Crippen molar-refractivity contribution in [2.75, 3.05) is 5.75 Å². The smallest absolute Gasteiger partial charge is 0.240 e. The third-order valence-corrected chi connectivity index (χ3v) is 4.78. The lowest BCUT2D eigenvalue weighted by Crippen LogP contribution is -2.01. The average Bonchev–Trinajstić information content (AvgIpc) is 2.95. The van der Waals surface area contributed by atoms with Crippen LogP contribution in [0.1, 0.15) is 11.5 Å². The van der Waals surface area contributed by atoms with E-state index >= 15 is 0 Å². The molecule has 1 aromatic carbocycles. The fraction of sp³-hybridized carbons (Fsp3) is 0.273. The summed E-state index contributed by atoms with van der Waals surface area (Å²) in [7, 11) is -3.23. The van der Waals surface area contributed by atoms with Gasteiger partial charge in [0.05, 0.1) is 17.2 Å². The van der Waals surface area contributed by atoms with Crippen molar-refractivity contribution >= 4 is 9.84 Å². The second-order valence-electron chi connectivity index (χ2n) is 4.08. The van der Waals surface area contributed by atoms with Crippen LogP contribution in [0.25, 0.3) is 11.4 Å². The molecule has 0 radical (unpaired) electrons. The molecule has 1 aliphatic rings. The van der Waals surface area contributed by atoms with Crippen LogP contribution in [-0.4, -0.2) is 24.3 Å². The van der Waals surface area contributed by atoms with E-state index in [1.54, 1.807) is 12.1 Å². The Bertz CT molecular complexity index is 706. The van der Waals surface area contributed by atoms with Crippen LogP contribution in [0, 0.1) is 0 Å². The molecule has 0 aliphatic carbocycles. The van der Waals surface area contributed by atoms with E-state index in [1.165, 1.54) is 0 Å². The molecule has 0 unspecified atom stereocenters. The van der Waals surface area contributed by atoms with Crippen LogP contribution >= 0.6 is 0 Å². The van der Waals surface area contributed by atoms with E-state index in [0.717, 1.165) is 5.56 Å². The zero-order chi connectivity index (χ0) is 12.8. The third-order valence-electron chi connectivity index (χ3n) is 2.93. The fourth-order valence-electron chi connectivity index (χ4n) is 2.12. The van der Waals surface area contributed by atoms with E-state index < -0.39 is 9.84 Å². The second-order valence-corrected chi connectivity index (χ2v) is 6.12. The molecule has 2 N–H and O–H groups in total. The van der Waals surface area contributed by atoms with Crippen molar-refractivity contribution in [1.82, 2.24) is 10.1 Å². The molecular formula is C11H11N3O3S. The number of hydrogen-bond donors (Lipinski definition) is 1. The van der Waals surface area contributed by atoms with Gasteiger partial charge in [0.1, 0.15) is 0 Å². The second kappa shape index (κ2) is 3.89. The van der Waals surface area contributed by atoms with Gasteiger partial charge in [0, 0.05) is 5.56 Å². The normalized spacial score (nSPS) is 16.7. The summed E-state index contributed by atoms with van der Waals surface area (Å²) in [5.74, 6) is 0.705. The molecular weight excluding hydrogens is 254 g/mol. The van der Waals surface area contributed by atoms with Gasteiger partial charge < -0.3 is 10.3 Å². The van der Waals surface area contributed by atoms with Crippen LogP contribution in [0.2, 0.25) is 0 Å². The molecule has 1 aromatic heterocycles. The first-order chi connectivity index (χ1) is 8.62. The number of benzene rings is 1. The highest BCUT2D eigenvalue weighted by Gasteiger charge is 2.30. The van der Waals surface area contributed by atoms with Gasteiger partial charge in [0.25, 0.3) is 0 Å². The minimum absolute atomic E-state index is 0.134. The molecule has 3 rings (SSSR count). The van der Waals surface area contributed by atoms with Crippen molar-refractivity contribution in [3.63, 3.8) is 0 Å². The highest BCUT2D eigenvalue weighted by Crippen LogP contribution is 2.34. The van der Waals surface area contributed by atoms with Crippen LogP contribution < -0.4 is 5.73 Å². The van der Waals surface area contributed by atoms with Gasteiger partial charge in [-0.05, 0) is 18.1 Å². The van der Waals surface area contributed by atoms with Crippen LogP contribution in [0.5, 0.6) is 0 Å². The Morgan fingerprint density at radius 3 is 2.94 bits per heavy atom. The maximum absolute atomic E-state index is 12.0. The van der Waals surface area contributed by atoms with Crippen molar-refractivity contribution in [2.45, 2.75) is 17.9 Å². The van der Waals surface area contributed by atoms with E-state index in [4.69, 9.17) is 10.3 Å². The molecule has 7 heteroatoms. The first kappa shape index (κ1) is 11.4. The largest absolute Gasteiger partial charge is 0.338 e. The molecule has 2 aromatic rings. The minimum Gasteiger partial charge on any atom is -0.338 e. The summed E-state index contributed by atoms with van der Waals surface area (Å²) in [6.45, 7) is 0.134. The lowest BCUT2D eigenvalue weighted by Gasteiger charge is -2.03. The highest BCUT2D eigenvalue weighted by atomic mass is 32.2. The lowest BCUT2D eigenvalue weighted by molar-refractivity contribution is 0.380. The Kier molecular flexibility index (Phi) is 2.46. The summed E-state index contributed by atoms with van der Waals surface area (Å²) in [6, 6.07) is 5.30. The first-order valence-corrected chi connectivity index (χ1v) is 7.15. The number of aromatic nitrogens is 2. The topological polar surface area (TPSA) is 99.1 Å². The summed E-state index contributed by atoms with van der Waals surface area (Å²) in [5.41, 5.74) is 6.70. The molecule has 0 saturated carbocycles. The van der Waals surface area contributed by atoms with Gasteiger partial charge in [0.15, 0.2) is 9.84 Å². The van der Waals surface area contributed by atoms with E-state index in [2.05, 4.69) is 10.1 Å². The van der Waals surface area contributed by atoms with Gasteiger partial charge in [0.2, 0.25) is 11.7 Å². The Morgan fingerprint density at radius 1 is 1.39 bits per heavy atom. The number of fused-ring (bicyclic) bond motifs is 1. The number of hydrogen-bond acceptors (Lipinski definition) is 6. The van der Waals surface area contributed by atoms with Crippen molar-refractivity contribution in [3.8, 4) is 11.4 Å². The predicted molar refractivity (Wildman–Crippen MR) is 63.4 cm³/mol. The van der Waals surface area contributed by atoms with Crippen molar-refractivity contribution < 1.29 is 12.9 Å². The Balaban J connectivity index is 2.23. The molecule has 0 fully saturated rings. The summed E-state index contributed by atoms with van der Waals surface area (Å²) in [4.78, 5) is 4.40. The number of aryl methyl sites for hydroxylation is 1. The monoisotopic (exact) mass is 265 g/mol. The van der Waals surface area contributed by atoms with Crippen LogP contribution in [0.4, 0.5) is 0 Å². The predicted octanol–water partition coefficient (Wildman–Crippen LogP) is 0.525. The quantitative estimate of drug-likeness (QED) is 0.850. The van der Waals surface area contributed by atoms with Crippen LogP contribution in [0.3, 0.4) is 0 Å². The van der Waals surface area contributed by atoms with Gasteiger partial charge in [-0.15, -0.1) is 0 Å². The molecule has 94 valence electrons. The molecule has 0 saturated heterocycles. The minimum atomic E-state index is -3.23. The molecule has 1 aliphatic heterocycles. The molecule has 18 heavy (non-hydrogen) atoms. The zero-order valence-corrected chi connectivity index (χ0v) is 10.3. The number of sulfone groups is 1. The van der Waals surface area contributed by atoms with Gasteiger partial charge in [-0.3, -0.25) is 0 Å². The lowest BCUT2D eigenvalue weighted by atomic mass is 10.1. The Hall–Kier alpha value is -1.73. The average molecular weight is 265 g/mol. The SMILES string of the molecule is NCc1nc(-c2cccc3c2S(=O)(=O)CC3)no1. The number of nitrogens with zero attached hydrogens (tertiary/aromatic N) is 2. The standard InChI is InChI=1S/C11H11N3O3S/c12-6-9-13-11(14-17-9)8-3-1-2-7-4-5-18(15,16)10(7)8/h1-3H,4-6,12H2. The highest BCUT2D eigenvalue weighted by molar-refractivity contribution is 7.91. The molecule has 6 nitrogen and oxygen atoms in total. The first-order valence-electron chi connectivity index (χ1n) is 5.49.